The summed E-state index contributed by atoms with van der Waals surface area (Å²) in [5.74, 6) is 1.32. The van der Waals surface area contributed by atoms with Crippen LogP contribution in [-0.4, -0.2) is 37.0 Å². The first-order valence-electron chi connectivity index (χ1n) is 7.04. The molecule has 3 rings (SSSR count). The summed E-state index contributed by atoms with van der Waals surface area (Å²) in [6.07, 6.45) is 1.28. The summed E-state index contributed by atoms with van der Waals surface area (Å²) < 4.78 is 0. The quantitative estimate of drug-likeness (QED) is 0.882. The molecule has 2 aliphatic heterocycles. The number of hydrogen-bond acceptors (Lipinski definition) is 3. The first-order valence-corrected chi connectivity index (χ1v) is 7.04. The first kappa shape index (κ1) is 15.3. The van der Waals surface area contributed by atoms with Gasteiger partial charge in [-0.15, -0.1) is 12.4 Å². The van der Waals surface area contributed by atoms with Crippen molar-refractivity contribution in [2.45, 2.75) is 13.0 Å². The van der Waals surface area contributed by atoms with Gasteiger partial charge < -0.3 is 11.1 Å². The van der Waals surface area contributed by atoms with Gasteiger partial charge in [0.25, 0.3) is 0 Å². The molecule has 0 aliphatic carbocycles. The van der Waals surface area contributed by atoms with Gasteiger partial charge in [-0.05, 0) is 55.6 Å². The minimum absolute atomic E-state index is 0. The molecular weight excluding hydrogens is 274 g/mol. The number of hydrogen-bond donors (Lipinski definition) is 2. The highest BCUT2D eigenvalue weighted by Gasteiger charge is 2.32. The number of nitrogens with one attached hydrogen (secondary N) is 1. The maximum atomic E-state index is 11.2. The fourth-order valence-corrected chi connectivity index (χ4v) is 3.33. The predicted molar refractivity (Wildman–Crippen MR) is 82.0 cm³/mol. The molecule has 2 unspecified atom stereocenters. The summed E-state index contributed by atoms with van der Waals surface area (Å²) >= 11 is 0. The Morgan fingerprint density at radius 2 is 2.15 bits per heavy atom. The topological polar surface area (TPSA) is 58.4 Å². The van der Waals surface area contributed by atoms with Crippen molar-refractivity contribution in [3.8, 4) is 0 Å². The molecule has 0 bridgehead atoms. The molecule has 0 radical (unpaired) electrons. The monoisotopic (exact) mass is 295 g/mol. The van der Waals surface area contributed by atoms with Crippen molar-refractivity contribution in [1.82, 2.24) is 10.2 Å². The number of piperidine rings is 1. The maximum absolute atomic E-state index is 11.2. The molecule has 4 nitrogen and oxygen atoms in total. The molecule has 0 saturated carbocycles. The molecule has 1 aromatic carbocycles. The van der Waals surface area contributed by atoms with E-state index in [1.165, 1.54) is 25.1 Å². The fourth-order valence-electron chi connectivity index (χ4n) is 3.33. The second-order valence-corrected chi connectivity index (χ2v) is 5.77. The zero-order valence-electron chi connectivity index (χ0n) is 11.5. The Kier molecular flexibility index (Phi) is 5.02. The Labute approximate surface area is 126 Å². The molecule has 2 saturated heterocycles. The van der Waals surface area contributed by atoms with Crippen LogP contribution in [0, 0.1) is 11.8 Å². The number of fused-ring (bicyclic) bond motifs is 1. The summed E-state index contributed by atoms with van der Waals surface area (Å²) in [5, 5.41) is 3.48. The predicted octanol–water partition coefficient (Wildman–Crippen LogP) is 1.25. The smallest absolute Gasteiger partial charge is 0.248 e. The molecule has 20 heavy (non-hydrogen) atoms. The van der Waals surface area contributed by atoms with Crippen LogP contribution in [0.4, 0.5) is 0 Å². The van der Waals surface area contributed by atoms with Crippen LogP contribution < -0.4 is 11.1 Å². The first-order chi connectivity index (χ1) is 9.22. The van der Waals surface area contributed by atoms with Crippen molar-refractivity contribution < 1.29 is 4.79 Å². The summed E-state index contributed by atoms with van der Waals surface area (Å²) in [7, 11) is 0. The number of likely N-dealkylation sites (tertiary alicyclic amines) is 1. The second kappa shape index (κ2) is 6.57. The van der Waals surface area contributed by atoms with Gasteiger partial charge in [0.2, 0.25) is 5.91 Å². The third-order valence-electron chi connectivity index (χ3n) is 4.41. The Balaban J connectivity index is 0.00000147. The number of primary amides is 1. The number of nitrogens with zero attached hydrogens (tertiary/aromatic N) is 1. The normalized spacial score (nSPS) is 25.8. The third-order valence-corrected chi connectivity index (χ3v) is 4.41. The lowest BCUT2D eigenvalue weighted by Crippen LogP contribution is -2.39. The van der Waals surface area contributed by atoms with Crippen LogP contribution in [0.3, 0.4) is 0 Å². The highest BCUT2D eigenvalue weighted by atomic mass is 35.5. The van der Waals surface area contributed by atoms with E-state index >= 15 is 0 Å². The van der Waals surface area contributed by atoms with E-state index in [1.54, 1.807) is 6.07 Å². The van der Waals surface area contributed by atoms with Crippen LogP contribution in [0.1, 0.15) is 22.3 Å². The number of amides is 1. The van der Waals surface area contributed by atoms with E-state index in [0.717, 1.165) is 31.5 Å². The number of carbonyl (C=O) groups is 1. The van der Waals surface area contributed by atoms with Gasteiger partial charge in [-0.3, -0.25) is 9.69 Å². The molecule has 2 heterocycles. The second-order valence-electron chi connectivity index (χ2n) is 5.77. The zero-order chi connectivity index (χ0) is 13.2. The molecule has 110 valence electrons. The molecular formula is C15H22ClN3O. The van der Waals surface area contributed by atoms with Crippen LogP contribution in [-0.2, 0) is 6.54 Å². The summed E-state index contributed by atoms with van der Waals surface area (Å²) in [6, 6.07) is 7.69. The van der Waals surface area contributed by atoms with Crippen LogP contribution in [0.2, 0.25) is 0 Å². The van der Waals surface area contributed by atoms with Gasteiger partial charge in [0.05, 0.1) is 0 Å². The molecule has 3 N–H and O–H groups in total. The highest BCUT2D eigenvalue weighted by molar-refractivity contribution is 5.92. The van der Waals surface area contributed by atoms with Gasteiger partial charge in [-0.25, -0.2) is 0 Å². The lowest BCUT2D eigenvalue weighted by molar-refractivity contribution is 0.1000. The standard InChI is InChI=1S/C15H21N3O.ClH/c16-15(19)12-3-1-2-11(6-12)9-18-5-4-13-7-17-8-14(13)10-18;/h1-3,6,13-14,17H,4-5,7-10H2,(H2,16,19);1H. The molecule has 2 atom stereocenters. The average Bonchev–Trinajstić information content (AvgIpc) is 2.86. The van der Waals surface area contributed by atoms with Gasteiger partial charge in [0.1, 0.15) is 0 Å². The van der Waals surface area contributed by atoms with Gasteiger partial charge in [0.15, 0.2) is 0 Å². The number of carbonyl (C=O) groups excluding carboxylic acids is 1. The Morgan fingerprint density at radius 1 is 1.35 bits per heavy atom. The molecule has 2 aliphatic rings. The lowest BCUT2D eigenvalue weighted by atomic mass is 9.88. The maximum Gasteiger partial charge on any atom is 0.248 e. The van der Waals surface area contributed by atoms with Crippen LogP contribution >= 0.6 is 12.4 Å². The summed E-state index contributed by atoms with van der Waals surface area (Å²) in [6.45, 7) is 5.59. The van der Waals surface area contributed by atoms with Gasteiger partial charge in [0, 0.05) is 18.7 Å². The Bertz CT molecular complexity index is 480. The van der Waals surface area contributed by atoms with E-state index in [4.69, 9.17) is 5.73 Å². The Hall–Kier alpha value is -1.10. The van der Waals surface area contributed by atoms with E-state index in [2.05, 4.69) is 16.3 Å². The van der Waals surface area contributed by atoms with Crippen molar-refractivity contribution in [2.24, 2.45) is 17.6 Å². The summed E-state index contributed by atoms with van der Waals surface area (Å²) in [5.41, 5.74) is 7.11. The van der Waals surface area contributed by atoms with E-state index < -0.39 is 0 Å². The molecule has 0 aromatic heterocycles. The van der Waals surface area contributed by atoms with E-state index in [1.807, 2.05) is 12.1 Å². The van der Waals surface area contributed by atoms with Crippen molar-refractivity contribution in [1.29, 1.82) is 0 Å². The Morgan fingerprint density at radius 3 is 2.95 bits per heavy atom. The molecule has 5 heteroatoms. The van der Waals surface area contributed by atoms with E-state index in [9.17, 15) is 4.79 Å². The SMILES string of the molecule is Cl.NC(=O)c1cccc(CN2CCC3CNCC3C2)c1. The van der Waals surface area contributed by atoms with Crippen LogP contribution in [0.5, 0.6) is 0 Å². The van der Waals surface area contributed by atoms with E-state index in [-0.39, 0.29) is 18.3 Å². The lowest BCUT2D eigenvalue weighted by Gasteiger charge is -2.34. The number of halogens is 1. The van der Waals surface area contributed by atoms with Gasteiger partial charge in [-0.1, -0.05) is 12.1 Å². The van der Waals surface area contributed by atoms with Crippen LogP contribution in [0.25, 0.3) is 0 Å². The zero-order valence-corrected chi connectivity index (χ0v) is 12.4. The third kappa shape index (κ3) is 3.32. The molecule has 0 spiro atoms. The minimum Gasteiger partial charge on any atom is -0.366 e. The highest BCUT2D eigenvalue weighted by Crippen LogP contribution is 2.27. The van der Waals surface area contributed by atoms with Gasteiger partial charge >= 0.3 is 0 Å². The fraction of sp³-hybridized carbons (Fsp3) is 0.533. The average molecular weight is 296 g/mol. The summed E-state index contributed by atoms with van der Waals surface area (Å²) in [4.78, 5) is 13.7. The van der Waals surface area contributed by atoms with Crippen molar-refractivity contribution >= 4 is 18.3 Å². The number of rotatable bonds is 3. The molecule has 2 fully saturated rings. The van der Waals surface area contributed by atoms with Crippen molar-refractivity contribution in [3.63, 3.8) is 0 Å². The minimum atomic E-state index is -0.347. The molecule has 1 aromatic rings. The van der Waals surface area contributed by atoms with Crippen LogP contribution in [0.15, 0.2) is 24.3 Å². The van der Waals surface area contributed by atoms with Gasteiger partial charge in [-0.2, -0.15) is 0 Å². The largest absolute Gasteiger partial charge is 0.366 e. The number of benzene rings is 1. The van der Waals surface area contributed by atoms with Crippen molar-refractivity contribution in [2.75, 3.05) is 26.2 Å². The van der Waals surface area contributed by atoms with Crippen molar-refractivity contribution in [3.05, 3.63) is 35.4 Å². The van der Waals surface area contributed by atoms with E-state index in [0.29, 0.717) is 5.56 Å². The molecule has 1 amide bonds. The number of nitrogens with two attached hydrogens (primary N) is 1.